The van der Waals surface area contributed by atoms with E-state index in [-0.39, 0.29) is 11.3 Å². The van der Waals surface area contributed by atoms with Gasteiger partial charge in [-0.3, -0.25) is 0 Å². The monoisotopic (exact) mass is 220 g/mol. The smallest absolute Gasteiger partial charge is 0.149 e. The second kappa shape index (κ2) is 3.96. The predicted molar refractivity (Wildman–Crippen MR) is 62.0 cm³/mol. The summed E-state index contributed by atoms with van der Waals surface area (Å²) in [5.74, 6) is 0.603. The number of methoxy groups -OCH3 is 1. The van der Waals surface area contributed by atoms with Gasteiger partial charge in [0.15, 0.2) is 0 Å². The second-order valence-electron chi connectivity index (χ2n) is 3.53. The van der Waals surface area contributed by atoms with E-state index in [4.69, 9.17) is 10.5 Å². The van der Waals surface area contributed by atoms with E-state index < -0.39 is 0 Å². The first kappa shape index (κ1) is 10.7. The molecule has 0 radical (unpaired) electrons. The minimum Gasteiger partial charge on any atom is -0.496 e. The Hall–Kier alpha value is -1.84. The lowest BCUT2D eigenvalue weighted by Gasteiger charge is -2.09. The Kier molecular flexibility index (Phi) is 2.64. The zero-order valence-electron chi connectivity index (χ0n) is 9.25. The maximum absolute atomic E-state index is 13.5. The third-order valence-corrected chi connectivity index (χ3v) is 2.61. The van der Waals surface area contributed by atoms with Crippen molar-refractivity contribution in [1.82, 2.24) is 4.98 Å². The van der Waals surface area contributed by atoms with Gasteiger partial charge >= 0.3 is 0 Å². The van der Waals surface area contributed by atoms with Gasteiger partial charge in [-0.1, -0.05) is 6.92 Å². The van der Waals surface area contributed by atoms with E-state index in [2.05, 4.69) is 4.98 Å². The lowest BCUT2D eigenvalue weighted by molar-refractivity contribution is 0.419. The third-order valence-electron chi connectivity index (χ3n) is 2.61. The molecule has 3 nitrogen and oxygen atoms in total. The molecule has 16 heavy (non-hydrogen) atoms. The summed E-state index contributed by atoms with van der Waals surface area (Å²) < 4.78 is 18.7. The molecule has 0 amide bonds. The van der Waals surface area contributed by atoms with Crippen LogP contribution in [0.25, 0.3) is 10.9 Å². The van der Waals surface area contributed by atoms with Crippen LogP contribution in [-0.4, -0.2) is 12.1 Å². The Morgan fingerprint density at radius 2 is 2.19 bits per heavy atom. The molecule has 0 atom stereocenters. The number of hydrogen-bond donors (Lipinski definition) is 1. The fourth-order valence-electron chi connectivity index (χ4n) is 1.72. The lowest BCUT2D eigenvalue weighted by atomic mass is 10.1. The molecule has 84 valence electrons. The van der Waals surface area contributed by atoms with Crippen molar-refractivity contribution in [3.8, 4) is 5.75 Å². The first-order valence-corrected chi connectivity index (χ1v) is 5.09. The molecule has 2 aromatic rings. The number of anilines is 1. The predicted octanol–water partition coefficient (Wildman–Crippen LogP) is 2.53. The first-order chi connectivity index (χ1) is 7.67. The van der Waals surface area contributed by atoms with E-state index in [1.54, 1.807) is 13.2 Å². The Morgan fingerprint density at radius 3 is 2.81 bits per heavy atom. The minimum absolute atomic E-state index is 0.258. The fourth-order valence-corrected chi connectivity index (χ4v) is 1.72. The molecule has 0 fully saturated rings. The van der Waals surface area contributed by atoms with Crippen molar-refractivity contribution < 1.29 is 9.13 Å². The van der Waals surface area contributed by atoms with Crippen molar-refractivity contribution in [2.75, 3.05) is 12.8 Å². The summed E-state index contributed by atoms with van der Waals surface area (Å²) >= 11 is 0. The van der Waals surface area contributed by atoms with Crippen molar-refractivity contribution in [1.29, 1.82) is 0 Å². The number of fused-ring (bicyclic) bond motifs is 1. The number of benzene rings is 1. The van der Waals surface area contributed by atoms with Crippen LogP contribution >= 0.6 is 0 Å². The summed E-state index contributed by atoms with van der Waals surface area (Å²) in [7, 11) is 1.55. The number of nitrogens with two attached hydrogens (primary N) is 1. The van der Waals surface area contributed by atoms with Gasteiger partial charge in [-0.05, 0) is 30.2 Å². The highest BCUT2D eigenvalue weighted by atomic mass is 19.1. The van der Waals surface area contributed by atoms with Crippen LogP contribution in [0.2, 0.25) is 0 Å². The number of hydrogen-bond acceptors (Lipinski definition) is 3. The van der Waals surface area contributed by atoms with Crippen molar-refractivity contribution in [3.63, 3.8) is 0 Å². The fraction of sp³-hybridized carbons (Fsp3) is 0.250. The average molecular weight is 220 g/mol. The summed E-state index contributed by atoms with van der Waals surface area (Å²) in [5, 5.41) is 0.661. The van der Waals surface area contributed by atoms with Gasteiger partial charge in [-0.15, -0.1) is 0 Å². The normalized spacial score (nSPS) is 10.7. The molecule has 0 bridgehead atoms. The molecule has 0 aliphatic carbocycles. The molecule has 0 aliphatic heterocycles. The van der Waals surface area contributed by atoms with Gasteiger partial charge in [-0.25, -0.2) is 9.37 Å². The van der Waals surface area contributed by atoms with Gasteiger partial charge in [0.25, 0.3) is 0 Å². The van der Waals surface area contributed by atoms with Crippen molar-refractivity contribution in [2.45, 2.75) is 13.3 Å². The summed E-state index contributed by atoms with van der Waals surface area (Å²) in [6, 6.07) is 4.76. The molecule has 1 heterocycles. The lowest BCUT2D eigenvalue weighted by Crippen LogP contribution is -1.99. The third kappa shape index (κ3) is 1.56. The van der Waals surface area contributed by atoms with Crippen LogP contribution in [0, 0.1) is 5.82 Å². The molecule has 0 spiro atoms. The number of pyridine rings is 1. The summed E-state index contributed by atoms with van der Waals surface area (Å²) in [6.45, 7) is 1.98. The summed E-state index contributed by atoms with van der Waals surface area (Å²) in [6.07, 6.45) is 0.758. The second-order valence-corrected chi connectivity index (χ2v) is 3.53. The van der Waals surface area contributed by atoms with Crippen LogP contribution < -0.4 is 10.5 Å². The zero-order valence-corrected chi connectivity index (χ0v) is 9.25. The number of aryl methyl sites for hydroxylation is 1. The van der Waals surface area contributed by atoms with Crippen LogP contribution in [-0.2, 0) is 6.42 Å². The van der Waals surface area contributed by atoms with Crippen molar-refractivity contribution >= 4 is 16.7 Å². The molecule has 0 aliphatic rings. The van der Waals surface area contributed by atoms with Crippen molar-refractivity contribution in [3.05, 3.63) is 29.6 Å². The van der Waals surface area contributed by atoms with E-state index in [0.717, 1.165) is 12.0 Å². The molecular weight excluding hydrogens is 207 g/mol. The van der Waals surface area contributed by atoms with E-state index in [1.165, 1.54) is 6.07 Å². The molecule has 0 unspecified atom stereocenters. The highest BCUT2D eigenvalue weighted by Crippen LogP contribution is 2.29. The maximum atomic E-state index is 13.5. The molecule has 0 saturated heterocycles. The van der Waals surface area contributed by atoms with E-state index in [9.17, 15) is 4.39 Å². The Bertz CT molecular complexity index is 540. The van der Waals surface area contributed by atoms with Gasteiger partial charge < -0.3 is 10.5 Å². The first-order valence-electron chi connectivity index (χ1n) is 5.09. The van der Waals surface area contributed by atoms with Crippen LogP contribution in [0.5, 0.6) is 5.75 Å². The number of aromatic nitrogens is 1. The van der Waals surface area contributed by atoms with Gasteiger partial charge in [0.05, 0.1) is 7.11 Å². The van der Waals surface area contributed by atoms with Gasteiger partial charge in [0.2, 0.25) is 0 Å². The summed E-state index contributed by atoms with van der Waals surface area (Å²) in [5.41, 5.74) is 6.90. The minimum atomic E-state index is -0.384. The van der Waals surface area contributed by atoms with Crippen LogP contribution in [0.4, 0.5) is 10.2 Å². The number of nitrogens with zero attached hydrogens (tertiary/aromatic N) is 1. The molecule has 0 saturated carbocycles. The molecule has 2 rings (SSSR count). The largest absolute Gasteiger partial charge is 0.496 e. The molecule has 1 aromatic carbocycles. The number of ether oxygens (including phenoxy) is 1. The Balaban J connectivity index is 2.83. The maximum Gasteiger partial charge on any atom is 0.149 e. The van der Waals surface area contributed by atoms with Crippen molar-refractivity contribution in [2.24, 2.45) is 0 Å². The van der Waals surface area contributed by atoms with Gasteiger partial charge in [0.1, 0.15) is 22.9 Å². The quantitative estimate of drug-likeness (QED) is 0.846. The number of halogens is 1. The Morgan fingerprint density at radius 1 is 1.44 bits per heavy atom. The SMILES string of the molecule is CCc1cc2c(OC)ccc(F)c2nc1N. The molecule has 4 heteroatoms. The van der Waals surface area contributed by atoms with Gasteiger partial charge in [0, 0.05) is 5.39 Å². The zero-order chi connectivity index (χ0) is 11.7. The van der Waals surface area contributed by atoms with E-state index in [0.29, 0.717) is 17.0 Å². The summed E-state index contributed by atoms with van der Waals surface area (Å²) in [4.78, 5) is 4.08. The van der Waals surface area contributed by atoms with Crippen LogP contribution in [0.1, 0.15) is 12.5 Å². The molecular formula is C12H13FN2O. The average Bonchev–Trinajstić information content (AvgIpc) is 2.30. The topological polar surface area (TPSA) is 48.1 Å². The van der Waals surface area contributed by atoms with Crippen LogP contribution in [0.15, 0.2) is 18.2 Å². The number of rotatable bonds is 2. The number of nitrogen functional groups attached to an aromatic ring is 1. The highest BCUT2D eigenvalue weighted by Gasteiger charge is 2.10. The molecule has 2 N–H and O–H groups in total. The standard InChI is InChI=1S/C12H13FN2O/c1-3-7-6-8-10(16-2)5-4-9(13)11(8)15-12(7)14/h4-6H,3H2,1-2H3,(H2,14,15). The molecule has 1 aromatic heterocycles. The van der Waals surface area contributed by atoms with Crippen LogP contribution in [0.3, 0.4) is 0 Å². The Labute approximate surface area is 93.0 Å². The van der Waals surface area contributed by atoms with E-state index >= 15 is 0 Å². The van der Waals surface area contributed by atoms with Gasteiger partial charge in [-0.2, -0.15) is 0 Å². The highest BCUT2D eigenvalue weighted by molar-refractivity contribution is 5.87. The van der Waals surface area contributed by atoms with E-state index in [1.807, 2.05) is 13.0 Å².